The van der Waals surface area contributed by atoms with Crippen molar-refractivity contribution in [3.05, 3.63) is 223 Å². The first-order valence-electron chi connectivity index (χ1n) is 42.2. The zero-order valence-electron chi connectivity index (χ0n) is 73.9. The van der Waals surface area contributed by atoms with Gasteiger partial charge in [-0.25, -0.2) is 50.2 Å². The Kier molecular flexibility index (Phi) is 33.3. The quantitative estimate of drug-likeness (QED) is 0.0220. The number of pyridine rings is 3. The van der Waals surface area contributed by atoms with E-state index in [2.05, 4.69) is 60.3 Å². The van der Waals surface area contributed by atoms with Crippen LogP contribution in [0.15, 0.2) is 209 Å². The molecule has 12 aromatic rings. The fourth-order valence-electron chi connectivity index (χ4n) is 14.0. The number of aliphatic imine (C=N–C) groups is 1. The summed E-state index contributed by atoms with van der Waals surface area (Å²) in [5, 5.41) is 25.0. The number of rotatable bonds is 31. The smallest absolute Gasteiger partial charge is 0.261 e. The van der Waals surface area contributed by atoms with E-state index in [9.17, 15) is 58.3 Å². The van der Waals surface area contributed by atoms with Crippen LogP contribution in [0.1, 0.15) is 130 Å². The summed E-state index contributed by atoms with van der Waals surface area (Å²) in [4.78, 5) is 85.2. The number of likely N-dealkylation sites (tertiary alicyclic amines) is 1. The number of anilines is 1. The Morgan fingerprint density at radius 3 is 1.95 bits per heavy atom. The van der Waals surface area contributed by atoms with Gasteiger partial charge < -0.3 is 68.3 Å². The number of aryl methyl sites for hydroxylation is 1. The molecule has 2 saturated heterocycles. The lowest BCUT2D eigenvalue weighted by Gasteiger charge is -2.26. The lowest BCUT2D eigenvalue weighted by atomic mass is 9.81. The number of aliphatic hydroxyl groups is 2. The highest BCUT2D eigenvalue weighted by Gasteiger charge is 2.38. The number of nitrogens with one attached hydrogen (secondary N) is 3. The molecule has 1 saturated carbocycles. The van der Waals surface area contributed by atoms with E-state index in [0.29, 0.717) is 82.2 Å². The number of aromatic nitrogens is 12. The van der Waals surface area contributed by atoms with Crippen LogP contribution in [-0.4, -0.2) is 225 Å². The Balaban J connectivity index is 0.000000156. The summed E-state index contributed by atoms with van der Waals surface area (Å²) in [5.41, 5.74) is 8.25. The molecule has 41 heteroatoms. The molecule has 3 fully saturated rings. The van der Waals surface area contributed by atoms with E-state index in [1.807, 2.05) is 84.6 Å². The molecule has 6 N–H and O–H groups in total. The van der Waals surface area contributed by atoms with Gasteiger partial charge in [-0.15, -0.1) is 0 Å². The van der Waals surface area contributed by atoms with Gasteiger partial charge >= 0.3 is 0 Å². The standard InChI is InChI=1S/C25H25N5O3.C22H24N4O6S.C22H26N2O4S.C21H24N4O6S.CH4O3S/c1-16(31)30-11-5-7-23(30)19-12-21-22(29-25(28-21)20-6-3-4-10-26-20)13-24(19)33-18-9-8-17(15-32-2)27-14-18;1-13-9-25-22(31-13)19-5-4-18(26-19)15-6-16(30-14(2)12-27)8-17(7-15)32-20-10-24-21(11-23-20)33(3,28)29;25-22(14-18-15-23-9-10-24-18)21(13-16-7-11-28-12-8-16)17-1-3-19(4-2-17)29(26,27)20-5-6-20;1-4-32(28,29)20-6-5-16(12-22-20)31-18-10-15(9-17(11-18)30-14(2)13-26)21(27)23-19-7-8-25(3)24-19;1-5(2,3)4/h3-4,6,8-10,12-14,23H,5,7,11,15H2,1-2H3,(H,28,29);4-8,10-11,13-14,26-27H,9,12H2,1-3H3;1-4,9-10,15-16,20-21H,5-8,11-14H2;5-12,14,26H,4,13H2,1-3H3,(H,23,24,27);1H3,(H,2,3,4)/t;13-,14-;21-;14-;/m.010./s1. The van der Waals surface area contributed by atoms with Crippen LogP contribution < -0.4 is 29.0 Å². The lowest BCUT2D eigenvalue weighted by molar-refractivity contribution is -0.129. The van der Waals surface area contributed by atoms with Crippen molar-refractivity contribution in [2.75, 3.05) is 70.2 Å². The molecule has 132 heavy (non-hydrogen) atoms. The molecule has 8 aromatic heterocycles. The molecule has 2 amide bonds. The Morgan fingerprint density at radius 2 is 1.35 bits per heavy atom. The number of ether oxygens (including phenoxy) is 8. The van der Waals surface area contributed by atoms with E-state index >= 15 is 0 Å². The van der Waals surface area contributed by atoms with E-state index in [0.717, 1.165) is 128 Å². The summed E-state index contributed by atoms with van der Waals surface area (Å²) in [7, 11) is -10.4. The van der Waals surface area contributed by atoms with Gasteiger partial charge in [-0.2, -0.15) is 13.5 Å². The molecule has 0 radical (unpaired) electrons. The van der Waals surface area contributed by atoms with Gasteiger partial charge in [-0.05, 0) is 168 Å². The number of nitrogens with zero attached hydrogens (tertiary/aromatic N) is 12. The van der Waals surface area contributed by atoms with Crippen LogP contribution in [0.25, 0.3) is 33.8 Å². The molecule has 1 aliphatic carbocycles. The van der Waals surface area contributed by atoms with E-state index in [-0.39, 0.29) is 93.4 Å². The van der Waals surface area contributed by atoms with E-state index in [4.69, 9.17) is 47.4 Å². The van der Waals surface area contributed by atoms with Gasteiger partial charge in [0.05, 0.1) is 108 Å². The molecule has 11 heterocycles. The Hall–Kier alpha value is -12.9. The molecule has 37 nitrogen and oxygen atoms in total. The van der Waals surface area contributed by atoms with Crippen LogP contribution in [0.4, 0.5) is 5.82 Å². The molecule has 4 aliphatic rings. The topological polar surface area (TPSA) is 502 Å². The number of aromatic amines is 2. The van der Waals surface area contributed by atoms with Crippen molar-refractivity contribution in [2.24, 2.45) is 18.0 Å². The summed E-state index contributed by atoms with van der Waals surface area (Å²) in [5.74, 6) is 4.58. The van der Waals surface area contributed by atoms with Crippen molar-refractivity contribution in [1.82, 2.24) is 64.5 Å². The second-order valence-electron chi connectivity index (χ2n) is 31.5. The molecule has 0 spiro atoms. The number of carbonyl (C=O) groups is 3. The predicted molar refractivity (Wildman–Crippen MR) is 487 cm³/mol. The molecule has 3 aliphatic heterocycles. The first-order valence-corrected chi connectivity index (χ1v) is 49.1. The number of hydrogen-bond acceptors (Lipinski definition) is 31. The van der Waals surface area contributed by atoms with Gasteiger partial charge in [0.15, 0.2) is 51.2 Å². The number of sulfone groups is 3. The molecule has 4 aromatic carbocycles. The largest absolute Gasteiger partial charge is 0.488 e. The van der Waals surface area contributed by atoms with Crippen molar-refractivity contribution < 1.29 is 101 Å². The molecule has 698 valence electrons. The fourth-order valence-corrected chi connectivity index (χ4v) is 17.0. The highest BCUT2D eigenvalue weighted by atomic mass is 32.2. The second kappa shape index (κ2) is 44.8. The number of amides is 2. The first-order chi connectivity index (χ1) is 63.1. The number of imidazole rings is 1. The maximum atomic E-state index is 13.2. The highest BCUT2D eigenvalue weighted by Crippen LogP contribution is 2.43. The average Bonchev–Trinajstić information content (AvgIpc) is 1.61. The van der Waals surface area contributed by atoms with Crippen LogP contribution in [-0.2, 0) is 83.5 Å². The molecule has 5 atom stereocenters. The SMILES string of the molecule is CCS(=O)(=O)c1ccc(Oc2cc(O[C@@H](C)CO)cc(C(=O)Nc3ccn(C)n3)c2)cn1.COCc1ccc(Oc2cc3nc(-c4ccccn4)[nH]c3cc2C2CCCN2C(C)=O)cn1.CS(=O)(=O)O.C[C@H]1CN=C(c2ccc(-c3cc(Oc4cnc(S(C)(=O)=O)cn4)cc(O[C@@H](C)CO)c3)[nH]2)O1.O=C(Cc1cnccn1)[C@H](CC1CCOCC1)c1ccc(S(=O)(=O)C2CC2)cc1. The van der Waals surface area contributed by atoms with Crippen LogP contribution in [0, 0.1) is 5.92 Å². The lowest BCUT2D eigenvalue weighted by Crippen LogP contribution is -2.28. The number of H-pyrrole nitrogens is 2. The highest BCUT2D eigenvalue weighted by molar-refractivity contribution is 7.92. The van der Waals surface area contributed by atoms with E-state index in [1.165, 1.54) is 43.6 Å². The summed E-state index contributed by atoms with van der Waals surface area (Å²) >= 11 is 0. The van der Waals surface area contributed by atoms with E-state index in [1.54, 1.807) is 113 Å². The average molecular weight is 1890 g/mol. The molecular formula is C91H103N15O22S4. The molecule has 16 rings (SSSR count). The molecular weight excluding hydrogens is 1780 g/mol. The summed E-state index contributed by atoms with van der Waals surface area (Å²) in [6.07, 6.45) is 20.7. The number of fused-ring (bicyclic) bond motifs is 1. The zero-order chi connectivity index (χ0) is 94.4. The van der Waals surface area contributed by atoms with Crippen molar-refractivity contribution >= 4 is 80.0 Å². The van der Waals surface area contributed by atoms with Crippen molar-refractivity contribution in [1.29, 1.82) is 0 Å². The zero-order valence-corrected chi connectivity index (χ0v) is 77.1. The minimum atomic E-state index is -3.67. The number of methoxy groups -OCH3 is 1. The molecule has 0 bridgehead atoms. The van der Waals surface area contributed by atoms with Gasteiger partial charge in [-0.3, -0.25) is 43.6 Å². The monoisotopic (exact) mass is 1890 g/mol. The van der Waals surface area contributed by atoms with Gasteiger partial charge in [-0.1, -0.05) is 25.1 Å². The molecule has 1 unspecified atom stereocenters. The minimum absolute atomic E-state index is 0.0404. The van der Waals surface area contributed by atoms with Crippen molar-refractivity contribution in [2.45, 2.75) is 143 Å². The van der Waals surface area contributed by atoms with Gasteiger partial charge in [0.2, 0.25) is 17.7 Å². The normalized spacial score (nSPS) is 15.7. The van der Waals surface area contributed by atoms with E-state index < -0.39 is 57.7 Å². The van der Waals surface area contributed by atoms with Gasteiger partial charge in [0, 0.05) is 131 Å². The number of carbonyl (C=O) groups excluding carboxylic acids is 3. The van der Waals surface area contributed by atoms with Crippen molar-refractivity contribution in [3.63, 3.8) is 0 Å². The minimum Gasteiger partial charge on any atom is -0.488 e. The number of benzene rings is 4. The Labute approximate surface area is 763 Å². The van der Waals surface area contributed by atoms with Crippen LogP contribution >= 0.6 is 0 Å². The number of aliphatic hydroxyl groups excluding tert-OH is 2. The summed E-state index contributed by atoms with van der Waals surface area (Å²) in [6.45, 7) is 11.4. The predicted octanol–water partition coefficient (Wildman–Crippen LogP) is 12.3. The van der Waals surface area contributed by atoms with Crippen LogP contribution in [0.3, 0.4) is 0 Å². The summed E-state index contributed by atoms with van der Waals surface area (Å²) < 4.78 is 145. The second-order valence-corrected chi connectivity index (χ2v) is 39.4. The maximum Gasteiger partial charge on any atom is 0.261 e. The third-order valence-corrected chi connectivity index (χ3v) is 25.6. The van der Waals surface area contributed by atoms with Crippen LogP contribution in [0.2, 0.25) is 0 Å². The first kappa shape index (κ1) is 98.2. The Morgan fingerprint density at radius 1 is 0.667 bits per heavy atom. The number of hydrogen-bond donors (Lipinski definition) is 6. The number of ketones is 1. The third-order valence-electron chi connectivity index (χ3n) is 20.7. The third kappa shape index (κ3) is 28.1. The Bertz CT molecular complexity index is 6440. The van der Waals surface area contributed by atoms with Gasteiger partial charge in [0.25, 0.3) is 16.0 Å². The van der Waals surface area contributed by atoms with Gasteiger partial charge in [0.1, 0.15) is 75.7 Å². The summed E-state index contributed by atoms with van der Waals surface area (Å²) in [6, 6.07) is 38.4. The maximum absolute atomic E-state index is 13.2. The number of Topliss-reactive ketones (excluding diaryl/α,β-unsaturated/α-hetero) is 1. The fraction of sp³-hybridized carbons (Fsp3) is 0.352. The van der Waals surface area contributed by atoms with Crippen molar-refractivity contribution in [3.8, 4) is 68.9 Å². The van der Waals surface area contributed by atoms with Crippen LogP contribution in [0.5, 0.6) is 46.1 Å².